The molecular formula is C14H18O3. The maximum atomic E-state index is 11.4. The van der Waals surface area contributed by atoms with E-state index in [0.717, 1.165) is 5.56 Å². The van der Waals surface area contributed by atoms with Crippen molar-refractivity contribution in [2.24, 2.45) is 0 Å². The molecule has 3 nitrogen and oxygen atoms in total. The van der Waals surface area contributed by atoms with Crippen LogP contribution >= 0.6 is 0 Å². The summed E-state index contributed by atoms with van der Waals surface area (Å²) in [4.78, 5) is 11.4. The molecule has 0 aromatic heterocycles. The summed E-state index contributed by atoms with van der Waals surface area (Å²) in [5.41, 5.74) is 0.306. The van der Waals surface area contributed by atoms with Gasteiger partial charge in [-0.3, -0.25) is 0 Å². The number of hydrogen-bond acceptors (Lipinski definition) is 2. The van der Waals surface area contributed by atoms with Gasteiger partial charge in [-0.15, -0.1) is 0 Å². The van der Waals surface area contributed by atoms with Crippen molar-refractivity contribution >= 4 is 5.97 Å². The van der Waals surface area contributed by atoms with E-state index in [1.54, 1.807) is 19.1 Å². The number of carbonyl (C=O) groups is 1. The standard InChI is InChI=1S/C14H18O3/c1-4-5-10-17-14(3,13(15)16)12-9-7-6-8-11(12)2/h4-9H,10H2,1-3H3,(H,15,16). The number of hydrogen-bond donors (Lipinski definition) is 1. The second-order valence-corrected chi connectivity index (χ2v) is 4.03. The fourth-order valence-corrected chi connectivity index (χ4v) is 1.67. The molecule has 0 aliphatic heterocycles. The van der Waals surface area contributed by atoms with Gasteiger partial charge in [0.15, 0.2) is 5.60 Å². The number of allylic oxidation sites excluding steroid dienone is 1. The molecule has 1 rings (SSSR count). The zero-order valence-electron chi connectivity index (χ0n) is 10.4. The van der Waals surface area contributed by atoms with E-state index in [1.165, 1.54) is 0 Å². The number of aryl methyl sites for hydroxylation is 1. The average molecular weight is 234 g/mol. The normalized spacial score (nSPS) is 14.8. The molecule has 1 aromatic rings. The molecule has 1 N–H and O–H groups in total. The van der Waals surface area contributed by atoms with E-state index in [2.05, 4.69) is 0 Å². The first-order chi connectivity index (χ1) is 8.02. The van der Waals surface area contributed by atoms with Crippen LogP contribution in [0.15, 0.2) is 36.4 Å². The summed E-state index contributed by atoms with van der Waals surface area (Å²) in [6.07, 6.45) is 3.62. The number of aliphatic carboxylic acids is 1. The first-order valence-electron chi connectivity index (χ1n) is 5.57. The largest absolute Gasteiger partial charge is 0.479 e. The van der Waals surface area contributed by atoms with Crippen molar-refractivity contribution in [1.82, 2.24) is 0 Å². The van der Waals surface area contributed by atoms with E-state index in [1.807, 2.05) is 38.1 Å². The van der Waals surface area contributed by atoms with Crippen LogP contribution in [0.4, 0.5) is 0 Å². The van der Waals surface area contributed by atoms with Gasteiger partial charge in [-0.1, -0.05) is 36.4 Å². The summed E-state index contributed by atoms with van der Waals surface area (Å²) in [5.74, 6) is -0.976. The number of carboxylic acid groups (broad SMARTS) is 1. The fourth-order valence-electron chi connectivity index (χ4n) is 1.67. The van der Waals surface area contributed by atoms with Crippen LogP contribution in [0.25, 0.3) is 0 Å². The van der Waals surface area contributed by atoms with Gasteiger partial charge in [0.2, 0.25) is 0 Å². The van der Waals surface area contributed by atoms with Crippen LogP contribution in [0.5, 0.6) is 0 Å². The van der Waals surface area contributed by atoms with Crippen molar-refractivity contribution in [1.29, 1.82) is 0 Å². The van der Waals surface area contributed by atoms with Gasteiger partial charge < -0.3 is 9.84 Å². The smallest absolute Gasteiger partial charge is 0.340 e. The highest BCUT2D eigenvalue weighted by molar-refractivity contribution is 5.79. The summed E-state index contributed by atoms with van der Waals surface area (Å²) in [6.45, 7) is 5.62. The molecule has 0 amide bonds. The molecule has 0 spiro atoms. The fraction of sp³-hybridized carbons (Fsp3) is 0.357. The Hall–Kier alpha value is -1.61. The highest BCUT2D eigenvalue weighted by Gasteiger charge is 2.37. The molecule has 0 aliphatic carbocycles. The Morgan fingerprint density at radius 2 is 2.12 bits per heavy atom. The lowest BCUT2D eigenvalue weighted by atomic mass is 9.92. The van der Waals surface area contributed by atoms with Gasteiger partial charge in [-0.2, -0.15) is 0 Å². The quantitative estimate of drug-likeness (QED) is 0.797. The van der Waals surface area contributed by atoms with E-state index in [-0.39, 0.29) is 6.61 Å². The monoisotopic (exact) mass is 234 g/mol. The van der Waals surface area contributed by atoms with Crippen molar-refractivity contribution in [2.45, 2.75) is 26.4 Å². The summed E-state index contributed by atoms with van der Waals surface area (Å²) < 4.78 is 5.51. The van der Waals surface area contributed by atoms with Crippen molar-refractivity contribution in [3.05, 3.63) is 47.5 Å². The number of carboxylic acids is 1. The lowest BCUT2D eigenvalue weighted by Gasteiger charge is -2.26. The van der Waals surface area contributed by atoms with Gasteiger partial charge in [0, 0.05) is 0 Å². The highest BCUT2D eigenvalue weighted by atomic mass is 16.5. The van der Waals surface area contributed by atoms with Gasteiger partial charge in [0.1, 0.15) is 0 Å². The molecule has 0 radical (unpaired) electrons. The molecule has 0 fully saturated rings. The van der Waals surface area contributed by atoms with Gasteiger partial charge >= 0.3 is 5.97 Å². The van der Waals surface area contributed by atoms with Gasteiger partial charge in [0.25, 0.3) is 0 Å². The van der Waals surface area contributed by atoms with E-state index < -0.39 is 11.6 Å². The van der Waals surface area contributed by atoms with Crippen LogP contribution in [-0.4, -0.2) is 17.7 Å². The topological polar surface area (TPSA) is 46.5 Å². The second kappa shape index (κ2) is 5.64. The Labute approximate surface area is 102 Å². The molecule has 1 aromatic carbocycles. The predicted octanol–water partition coefficient (Wildman–Crippen LogP) is 2.89. The van der Waals surface area contributed by atoms with E-state index in [4.69, 9.17) is 4.74 Å². The molecule has 0 aliphatic rings. The van der Waals surface area contributed by atoms with Crippen LogP contribution in [-0.2, 0) is 15.1 Å². The van der Waals surface area contributed by atoms with Crippen molar-refractivity contribution in [3.8, 4) is 0 Å². The van der Waals surface area contributed by atoms with Gasteiger partial charge in [-0.05, 0) is 31.9 Å². The predicted molar refractivity (Wildman–Crippen MR) is 66.9 cm³/mol. The van der Waals surface area contributed by atoms with Crippen LogP contribution in [0.2, 0.25) is 0 Å². The maximum Gasteiger partial charge on any atom is 0.340 e. The molecule has 3 heteroatoms. The minimum absolute atomic E-state index is 0.285. The molecule has 1 atom stereocenters. The molecule has 0 bridgehead atoms. The van der Waals surface area contributed by atoms with E-state index >= 15 is 0 Å². The van der Waals surface area contributed by atoms with Gasteiger partial charge in [0.05, 0.1) is 6.61 Å². The number of rotatable bonds is 5. The molecule has 0 heterocycles. The average Bonchev–Trinajstić information content (AvgIpc) is 2.29. The summed E-state index contributed by atoms with van der Waals surface area (Å²) in [5, 5.41) is 9.36. The third-order valence-corrected chi connectivity index (χ3v) is 2.77. The molecule has 17 heavy (non-hydrogen) atoms. The summed E-state index contributed by atoms with van der Waals surface area (Å²) in [7, 11) is 0. The zero-order valence-corrected chi connectivity index (χ0v) is 10.4. The summed E-state index contributed by atoms with van der Waals surface area (Å²) >= 11 is 0. The third kappa shape index (κ3) is 2.94. The van der Waals surface area contributed by atoms with Crippen LogP contribution in [0.3, 0.4) is 0 Å². The second-order valence-electron chi connectivity index (χ2n) is 4.03. The Kier molecular flexibility index (Phi) is 4.46. The maximum absolute atomic E-state index is 11.4. The summed E-state index contributed by atoms with van der Waals surface area (Å²) in [6, 6.07) is 7.38. The van der Waals surface area contributed by atoms with E-state index in [0.29, 0.717) is 5.56 Å². The van der Waals surface area contributed by atoms with Crippen LogP contribution in [0, 0.1) is 6.92 Å². The highest BCUT2D eigenvalue weighted by Crippen LogP contribution is 2.28. The molecule has 0 saturated carbocycles. The Morgan fingerprint density at radius 3 is 2.65 bits per heavy atom. The number of benzene rings is 1. The van der Waals surface area contributed by atoms with E-state index in [9.17, 15) is 9.90 Å². The number of ether oxygens (including phenoxy) is 1. The molecular weight excluding hydrogens is 216 g/mol. The molecule has 1 unspecified atom stereocenters. The van der Waals surface area contributed by atoms with Crippen LogP contribution in [0.1, 0.15) is 25.0 Å². The van der Waals surface area contributed by atoms with Gasteiger partial charge in [-0.25, -0.2) is 4.79 Å². The third-order valence-electron chi connectivity index (χ3n) is 2.77. The lowest BCUT2D eigenvalue weighted by Crippen LogP contribution is -2.36. The first kappa shape index (κ1) is 13.5. The SMILES string of the molecule is CC=CCOC(C)(C(=O)O)c1ccccc1C. The lowest BCUT2D eigenvalue weighted by molar-refractivity contribution is -0.163. The minimum Gasteiger partial charge on any atom is -0.479 e. The Balaban J connectivity index is 3.07. The Bertz CT molecular complexity index is 423. The zero-order chi connectivity index (χ0) is 12.9. The first-order valence-corrected chi connectivity index (χ1v) is 5.57. The molecule has 92 valence electrons. The Morgan fingerprint density at radius 1 is 1.47 bits per heavy atom. The van der Waals surface area contributed by atoms with Crippen molar-refractivity contribution in [3.63, 3.8) is 0 Å². The minimum atomic E-state index is -1.30. The van der Waals surface area contributed by atoms with Crippen molar-refractivity contribution in [2.75, 3.05) is 6.61 Å². The molecule has 0 saturated heterocycles. The van der Waals surface area contributed by atoms with Crippen molar-refractivity contribution < 1.29 is 14.6 Å². The van der Waals surface area contributed by atoms with Crippen LogP contribution < -0.4 is 0 Å².